The summed E-state index contributed by atoms with van der Waals surface area (Å²) in [7, 11) is -1.83. The van der Waals surface area contributed by atoms with Gasteiger partial charge in [-0.05, 0) is 18.6 Å². The second-order valence-corrected chi connectivity index (χ2v) is 4.75. The summed E-state index contributed by atoms with van der Waals surface area (Å²) in [5, 5.41) is 0. The summed E-state index contributed by atoms with van der Waals surface area (Å²) in [6, 6.07) is 7.31. The summed E-state index contributed by atoms with van der Waals surface area (Å²) in [4.78, 5) is 0. The molecule has 0 N–H and O–H groups in total. The average molecular weight is 212 g/mol. The van der Waals surface area contributed by atoms with Crippen molar-refractivity contribution >= 4 is 7.60 Å². The highest BCUT2D eigenvalue weighted by molar-refractivity contribution is 7.57. The maximum Gasteiger partial charge on any atom is 0.402 e. The van der Waals surface area contributed by atoms with Crippen LogP contribution in [0.15, 0.2) is 36.7 Å². The molecule has 0 saturated carbocycles. The molecule has 1 atom stereocenters. The van der Waals surface area contributed by atoms with E-state index in [-0.39, 0.29) is 0 Å². The molecule has 0 aromatic heterocycles. The lowest BCUT2D eigenvalue weighted by Crippen LogP contribution is -1.93. The van der Waals surface area contributed by atoms with Crippen LogP contribution in [0, 0.1) is 6.92 Å². The van der Waals surface area contributed by atoms with Crippen LogP contribution in [0.3, 0.4) is 0 Å². The lowest BCUT2D eigenvalue weighted by Gasteiger charge is -2.14. The highest BCUT2D eigenvalue weighted by Gasteiger charge is 2.19. The van der Waals surface area contributed by atoms with Gasteiger partial charge in [-0.1, -0.05) is 24.8 Å². The lowest BCUT2D eigenvalue weighted by atomic mass is 10.2. The van der Waals surface area contributed by atoms with Crippen LogP contribution in [0.1, 0.15) is 5.56 Å². The Hall–Kier alpha value is -1.05. The molecular weight excluding hydrogens is 199 g/mol. The van der Waals surface area contributed by atoms with Gasteiger partial charge in [-0.2, -0.15) is 0 Å². The SMILES string of the molecule is C=CP(=O)(OC)Oc1ccccc1C. The third kappa shape index (κ3) is 2.47. The van der Waals surface area contributed by atoms with Gasteiger partial charge in [0.1, 0.15) is 5.75 Å². The van der Waals surface area contributed by atoms with Crippen LogP contribution in [0.4, 0.5) is 0 Å². The van der Waals surface area contributed by atoms with E-state index in [2.05, 4.69) is 6.58 Å². The van der Waals surface area contributed by atoms with Crippen molar-refractivity contribution in [3.63, 3.8) is 0 Å². The molecule has 0 heterocycles. The van der Waals surface area contributed by atoms with Crippen LogP contribution in [-0.2, 0) is 9.09 Å². The number of benzene rings is 1. The molecule has 0 aliphatic heterocycles. The standard InChI is InChI=1S/C10H13O3P/c1-4-14(11,12-3)13-10-8-6-5-7-9(10)2/h4-8H,1H2,2-3H3. The largest absolute Gasteiger partial charge is 0.421 e. The van der Waals surface area contributed by atoms with Crippen molar-refractivity contribution in [3.8, 4) is 5.75 Å². The molecule has 0 saturated heterocycles. The lowest BCUT2D eigenvalue weighted by molar-refractivity contribution is 0.332. The molecule has 1 aromatic carbocycles. The summed E-state index contributed by atoms with van der Waals surface area (Å²) < 4.78 is 21.7. The third-order valence-electron chi connectivity index (χ3n) is 1.80. The Labute approximate surface area is 83.9 Å². The van der Waals surface area contributed by atoms with Crippen LogP contribution >= 0.6 is 7.60 Å². The zero-order valence-electron chi connectivity index (χ0n) is 8.27. The maximum atomic E-state index is 11.7. The highest BCUT2D eigenvalue weighted by Crippen LogP contribution is 2.48. The number of aryl methyl sites for hydroxylation is 1. The van der Waals surface area contributed by atoms with Gasteiger partial charge in [0, 0.05) is 12.9 Å². The van der Waals surface area contributed by atoms with Gasteiger partial charge >= 0.3 is 7.60 Å². The molecule has 0 bridgehead atoms. The van der Waals surface area contributed by atoms with E-state index in [1.165, 1.54) is 12.9 Å². The average Bonchev–Trinajstić information content (AvgIpc) is 2.21. The zero-order valence-corrected chi connectivity index (χ0v) is 9.16. The second kappa shape index (κ2) is 4.45. The molecule has 0 aliphatic carbocycles. The number of hydrogen-bond donors (Lipinski definition) is 0. The number of rotatable bonds is 4. The highest BCUT2D eigenvalue weighted by atomic mass is 31.2. The van der Waals surface area contributed by atoms with Crippen molar-refractivity contribution in [1.82, 2.24) is 0 Å². The topological polar surface area (TPSA) is 35.5 Å². The maximum absolute atomic E-state index is 11.7. The summed E-state index contributed by atoms with van der Waals surface area (Å²) in [5.74, 6) is 1.75. The van der Waals surface area contributed by atoms with Gasteiger partial charge in [0.25, 0.3) is 0 Å². The Morgan fingerprint density at radius 1 is 1.43 bits per heavy atom. The molecule has 0 amide bonds. The predicted octanol–water partition coefficient (Wildman–Crippen LogP) is 3.36. The molecule has 3 nitrogen and oxygen atoms in total. The van der Waals surface area contributed by atoms with Crippen molar-refractivity contribution < 1.29 is 13.6 Å². The summed E-state index contributed by atoms with van der Waals surface area (Å²) in [6.07, 6.45) is 0. The summed E-state index contributed by atoms with van der Waals surface area (Å²) in [6.45, 7) is 5.29. The van der Waals surface area contributed by atoms with Gasteiger partial charge in [0.05, 0.1) is 0 Å². The molecule has 1 rings (SSSR count). The van der Waals surface area contributed by atoms with E-state index < -0.39 is 7.60 Å². The third-order valence-corrected chi connectivity index (χ3v) is 3.20. The molecular formula is C10H13O3P. The Balaban J connectivity index is 2.94. The molecule has 14 heavy (non-hydrogen) atoms. The fourth-order valence-corrected chi connectivity index (χ4v) is 1.72. The quantitative estimate of drug-likeness (QED) is 0.718. The van der Waals surface area contributed by atoms with E-state index in [0.717, 1.165) is 5.56 Å². The minimum atomic E-state index is -3.17. The van der Waals surface area contributed by atoms with Crippen LogP contribution in [0.5, 0.6) is 5.75 Å². The molecule has 0 spiro atoms. The fourth-order valence-electron chi connectivity index (χ4n) is 0.945. The van der Waals surface area contributed by atoms with Crippen molar-refractivity contribution in [2.75, 3.05) is 7.11 Å². The Morgan fingerprint density at radius 3 is 2.57 bits per heavy atom. The molecule has 0 fully saturated rings. The van der Waals surface area contributed by atoms with Gasteiger partial charge in [-0.3, -0.25) is 0 Å². The van der Waals surface area contributed by atoms with Crippen LogP contribution in [0.25, 0.3) is 0 Å². The van der Waals surface area contributed by atoms with Crippen LogP contribution in [-0.4, -0.2) is 7.11 Å². The van der Waals surface area contributed by atoms with Crippen molar-refractivity contribution in [2.45, 2.75) is 6.92 Å². The zero-order chi connectivity index (χ0) is 10.6. The van der Waals surface area contributed by atoms with Crippen molar-refractivity contribution in [3.05, 3.63) is 42.2 Å². The number of hydrogen-bond acceptors (Lipinski definition) is 3. The van der Waals surface area contributed by atoms with Crippen LogP contribution in [0.2, 0.25) is 0 Å². The first-order chi connectivity index (χ1) is 6.61. The molecule has 76 valence electrons. The Morgan fingerprint density at radius 2 is 2.07 bits per heavy atom. The minimum absolute atomic E-state index is 0.553. The van der Waals surface area contributed by atoms with Crippen molar-refractivity contribution in [1.29, 1.82) is 0 Å². The predicted molar refractivity (Wildman–Crippen MR) is 56.6 cm³/mol. The van der Waals surface area contributed by atoms with E-state index in [0.29, 0.717) is 5.75 Å². The van der Waals surface area contributed by atoms with Gasteiger partial charge in [0.15, 0.2) is 0 Å². The smallest absolute Gasteiger partial charge is 0.402 e. The van der Waals surface area contributed by atoms with E-state index in [9.17, 15) is 4.57 Å². The van der Waals surface area contributed by atoms with Gasteiger partial charge in [0.2, 0.25) is 0 Å². The molecule has 1 unspecified atom stereocenters. The Kier molecular flexibility index (Phi) is 3.50. The minimum Gasteiger partial charge on any atom is -0.421 e. The second-order valence-electron chi connectivity index (χ2n) is 2.76. The molecule has 0 radical (unpaired) electrons. The monoisotopic (exact) mass is 212 g/mol. The van der Waals surface area contributed by atoms with E-state index in [1.54, 1.807) is 6.07 Å². The Bertz CT molecular complexity index is 373. The first kappa shape index (κ1) is 11.0. The molecule has 0 aliphatic rings. The normalized spacial score (nSPS) is 14.4. The van der Waals surface area contributed by atoms with Crippen molar-refractivity contribution in [2.24, 2.45) is 0 Å². The molecule has 4 heteroatoms. The number of para-hydroxylation sites is 1. The van der Waals surface area contributed by atoms with Gasteiger partial charge in [-0.15, -0.1) is 0 Å². The van der Waals surface area contributed by atoms with Gasteiger partial charge < -0.3 is 9.05 Å². The van der Waals surface area contributed by atoms with E-state index >= 15 is 0 Å². The first-order valence-corrected chi connectivity index (χ1v) is 5.77. The summed E-state index contributed by atoms with van der Waals surface area (Å²) in [5.41, 5.74) is 0.909. The van der Waals surface area contributed by atoms with Crippen LogP contribution < -0.4 is 4.52 Å². The fraction of sp³-hybridized carbons (Fsp3) is 0.200. The van der Waals surface area contributed by atoms with E-state index in [1.807, 2.05) is 25.1 Å². The molecule has 1 aromatic rings. The summed E-state index contributed by atoms with van der Waals surface area (Å²) >= 11 is 0. The van der Waals surface area contributed by atoms with Gasteiger partial charge in [-0.25, -0.2) is 4.57 Å². The van der Waals surface area contributed by atoms with E-state index in [4.69, 9.17) is 9.05 Å². The first-order valence-electron chi connectivity index (χ1n) is 4.15.